The molecule has 4 heteroatoms. The first-order chi connectivity index (χ1) is 14.5. The lowest BCUT2D eigenvalue weighted by molar-refractivity contribution is -0.157. The Morgan fingerprint density at radius 2 is 1.07 bits per heavy atom. The van der Waals surface area contributed by atoms with Crippen molar-refractivity contribution in [3.63, 3.8) is 0 Å². The predicted molar refractivity (Wildman–Crippen MR) is 130 cm³/mol. The lowest BCUT2D eigenvalue weighted by Crippen LogP contribution is -2.28. The van der Waals surface area contributed by atoms with Gasteiger partial charge in [-0.3, -0.25) is 4.84 Å². The number of ether oxygens (including phenoxy) is 1. The largest absolute Gasteiger partial charge is 0.390 e. The van der Waals surface area contributed by atoms with Crippen molar-refractivity contribution in [2.45, 2.75) is 136 Å². The zero-order valence-electron chi connectivity index (χ0n) is 21.1. The molecule has 0 aromatic rings. The van der Waals surface area contributed by atoms with Gasteiger partial charge in [-0.25, -0.2) is 0 Å². The van der Waals surface area contributed by atoms with Crippen molar-refractivity contribution in [1.29, 1.82) is 0 Å². The van der Waals surface area contributed by atoms with Crippen LogP contribution in [0.25, 0.3) is 0 Å². The molecule has 0 atom stereocenters. The second-order valence-electron chi connectivity index (χ2n) is 9.66. The van der Waals surface area contributed by atoms with Crippen molar-refractivity contribution in [1.82, 2.24) is 5.06 Å². The van der Waals surface area contributed by atoms with E-state index >= 15 is 0 Å². The van der Waals surface area contributed by atoms with Gasteiger partial charge in [0.05, 0.1) is 18.8 Å². The van der Waals surface area contributed by atoms with E-state index in [9.17, 15) is 5.11 Å². The first kappa shape index (κ1) is 29.8. The third-order valence-corrected chi connectivity index (χ3v) is 5.72. The van der Waals surface area contributed by atoms with Gasteiger partial charge in [0, 0.05) is 26.6 Å². The molecule has 0 bridgehead atoms. The van der Waals surface area contributed by atoms with Gasteiger partial charge < -0.3 is 9.84 Å². The van der Waals surface area contributed by atoms with Crippen LogP contribution < -0.4 is 0 Å². The van der Waals surface area contributed by atoms with E-state index in [1.165, 1.54) is 103 Å². The molecule has 1 N–H and O–H groups in total. The molecule has 0 aliphatic rings. The molecule has 0 rings (SSSR count). The highest BCUT2D eigenvalue weighted by Gasteiger charge is 2.12. The van der Waals surface area contributed by atoms with Crippen LogP contribution >= 0.6 is 0 Å². The summed E-state index contributed by atoms with van der Waals surface area (Å²) in [6.07, 6.45) is 23.0. The van der Waals surface area contributed by atoms with Gasteiger partial charge in [-0.1, -0.05) is 103 Å². The van der Waals surface area contributed by atoms with Crippen LogP contribution in [-0.2, 0) is 9.57 Å². The molecule has 0 fully saturated rings. The second-order valence-corrected chi connectivity index (χ2v) is 9.66. The minimum absolute atomic E-state index is 0.541. The maximum atomic E-state index is 9.65. The summed E-state index contributed by atoms with van der Waals surface area (Å²) in [6.45, 7) is 8.77. The monoisotopic (exact) mass is 429 g/mol. The van der Waals surface area contributed by atoms with Crippen LogP contribution in [0.15, 0.2) is 0 Å². The molecule has 0 saturated heterocycles. The van der Waals surface area contributed by atoms with Gasteiger partial charge in [-0.05, 0) is 20.3 Å². The first-order valence-electron chi connectivity index (χ1n) is 13.1. The molecule has 0 aliphatic heterocycles. The van der Waals surface area contributed by atoms with E-state index in [1.807, 2.05) is 7.05 Å². The van der Waals surface area contributed by atoms with Crippen molar-refractivity contribution in [2.24, 2.45) is 0 Å². The third-order valence-electron chi connectivity index (χ3n) is 5.72. The summed E-state index contributed by atoms with van der Waals surface area (Å²) in [4.78, 5) is 5.55. The Hall–Kier alpha value is -0.160. The topological polar surface area (TPSA) is 41.9 Å². The number of hydrogen-bond donors (Lipinski definition) is 1. The highest BCUT2D eigenvalue weighted by Crippen LogP contribution is 2.13. The van der Waals surface area contributed by atoms with E-state index in [4.69, 9.17) is 9.57 Å². The molecule has 0 spiro atoms. The van der Waals surface area contributed by atoms with E-state index in [-0.39, 0.29) is 0 Å². The van der Waals surface area contributed by atoms with E-state index < -0.39 is 5.60 Å². The molecule has 4 nitrogen and oxygen atoms in total. The molecule has 0 aliphatic carbocycles. The molecule has 0 aromatic heterocycles. The smallest absolute Gasteiger partial charge is 0.0712 e. The van der Waals surface area contributed by atoms with Crippen LogP contribution in [0.5, 0.6) is 0 Å². The molecule has 0 unspecified atom stereocenters. The molecule has 0 heterocycles. The fourth-order valence-corrected chi connectivity index (χ4v) is 3.56. The Morgan fingerprint density at radius 1 is 0.633 bits per heavy atom. The van der Waals surface area contributed by atoms with Gasteiger partial charge in [-0.2, -0.15) is 5.06 Å². The Balaban J connectivity index is 3.13. The number of likely N-dealkylation sites (N-methyl/N-ethyl adjacent to an activating group) is 1. The van der Waals surface area contributed by atoms with Crippen molar-refractivity contribution in [3.05, 3.63) is 0 Å². The standard InChI is InChI=1S/C26H55NO3/c1-5-6-7-8-9-10-11-12-13-14-15-16-17-18-19-20-23-29-25-22-27(4)30-24-21-26(2,3)28/h28H,5-25H2,1-4H3. The number of rotatable bonds is 24. The quantitative estimate of drug-likeness (QED) is 0.129. The van der Waals surface area contributed by atoms with E-state index in [0.29, 0.717) is 19.6 Å². The van der Waals surface area contributed by atoms with E-state index in [2.05, 4.69) is 6.92 Å². The Morgan fingerprint density at radius 3 is 1.50 bits per heavy atom. The van der Waals surface area contributed by atoms with Crippen LogP contribution in [0, 0.1) is 0 Å². The first-order valence-corrected chi connectivity index (χ1v) is 13.1. The van der Waals surface area contributed by atoms with Gasteiger partial charge in [0.25, 0.3) is 0 Å². The van der Waals surface area contributed by atoms with E-state index in [0.717, 1.165) is 13.2 Å². The van der Waals surface area contributed by atoms with Gasteiger partial charge in [0.15, 0.2) is 0 Å². The minimum Gasteiger partial charge on any atom is -0.390 e. The van der Waals surface area contributed by atoms with Crippen molar-refractivity contribution in [2.75, 3.05) is 33.4 Å². The molecule has 0 amide bonds. The van der Waals surface area contributed by atoms with Gasteiger partial charge in [0.1, 0.15) is 0 Å². The summed E-state index contributed by atoms with van der Waals surface area (Å²) in [5.74, 6) is 0. The Labute approximate surface area is 189 Å². The fourth-order valence-electron chi connectivity index (χ4n) is 3.56. The highest BCUT2D eigenvalue weighted by molar-refractivity contribution is 4.63. The average molecular weight is 430 g/mol. The summed E-state index contributed by atoms with van der Waals surface area (Å²) in [7, 11) is 1.92. The number of nitrogens with zero attached hydrogens (tertiary/aromatic N) is 1. The van der Waals surface area contributed by atoms with Gasteiger partial charge >= 0.3 is 0 Å². The second kappa shape index (κ2) is 22.0. The van der Waals surface area contributed by atoms with Crippen LogP contribution in [0.1, 0.15) is 130 Å². The molecular formula is C26H55NO3. The number of aliphatic hydroxyl groups is 1. The summed E-state index contributed by atoms with van der Waals surface area (Å²) in [5.41, 5.74) is -0.662. The molecule has 0 radical (unpaired) electrons. The van der Waals surface area contributed by atoms with Crippen LogP contribution in [0.2, 0.25) is 0 Å². The Kier molecular flexibility index (Phi) is 21.9. The zero-order valence-corrected chi connectivity index (χ0v) is 21.1. The van der Waals surface area contributed by atoms with Crippen LogP contribution in [-0.4, -0.2) is 49.2 Å². The Bertz CT molecular complexity index is 331. The third kappa shape index (κ3) is 25.9. The molecule has 30 heavy (non-hydrogen) atoms. The molecule has 0 aromatic carbocycles. The summed E-state index contributed by atoms with van der Waals surface area (Å²) in [5, 5.41) is 11.5. The lowest BCUT2D eigenvalue weighted by Gasteiger charge is -2.20. The van der Waals surface area contributed by atoms with Crippen molar-refractivity contribution in [3.8, 4) is 0 Å². The SMILES string of the molecule is CCCCCCCCCCCCCCCCCCOCCN(C)OCCC(C)(C)O. The molecule has 0 saturated carbocycles. The number of hydrogen-bond acceptors (Lipinski definition) is 4. The van der Waals surface area contributed by atoms with Crippen molar-refractivity contribution >= 4 is 0 Å². The predicted octanol–water partition coefficient (Wildman–Crippen LogP) is 7.29. The normalized spacial score (nSPS) is 12.2. The fraction of sp³-hybridized carbons (Fsp3) is 1.00. The maximum absolute atomic E-state index is 9.65. The maximum Gasteiger partial charge on any atom is 0.0712 e. The zero-order chi connectivity index (χ0) is 22.3. The molecular weight excluding hydrogens is 374 g/mol. The number of unbranched alkanes of at least 4 members (excludes halogenated alkanes) is 15. The summed E-state index contributed by atoms with van der Waals surface area (Å²) < 4.78 is 5.70. The minimum atomic E-state index is -0.662. The van der Waals surface area contributed by atoms with Crippen LogP contribution in [0.3, 0.4) is 0 Å². The van der Waals surface area contributed by atoms with Gasteiger partial charge in [0.2, 0.25) is 0 Å². The lowest BCUT2D eigenvalue weighted by atomic mass is 10.0. The summed E-state index contributed by atoms with van der Waals surface area (Å²) in [6, 6.07) is 0. The molecule has 182 valence electrons. The van der Waals surface area contributed by atoms with Crippen molar-refractivity contribution < 1.29 is 14.7 Å². The van der Waals surface area contributed by atoms with Gasteiger partial charge in [-0.15, -0.1) is 0 Å². The van der Waals surface area contributed by atoms with Crippen LogP contribution in [0.4, 0.5) is 0 Å². The van der Waals surface area contributed by atoms with E-state index in [1.54, 1.807) is 18.9 Å². The summed E-state index contributed by atoms with van der Waals surface area (Å²) >= 11 is 0. The average Bonchev–Trinajstić information content (AvgIpc) is 2.68. The highest BCUT2D eigenvalue weighted by atomic mass is 16.7. The number of hydroxylamine groups is 2.